The highest BCUT2D eigenvalue weighted by Crippen LogP contribution is 2.19. The lowest BCUT2D eigenvalue weighted by atomic mass is 10.0. The van der Waals surface area contributed by atoms with Gasteiger partial charge in [-0.05, 0) is 57.8 Å². The first-order valence-electron chi connectivity index (χ1n) is 36.6. The van der Waals surface area contributed by atoms with E-state index in [-0.39, 0.29) is 18.5 Å². The number of unbranched alkanes of at least 4 members (excludes halogenated alkanes) is 54. The molecule has 0 fully saturated rings. The van der Waals surface area contributed by atoms with Crippen LogP contribution in [0.25, 0.3) is 0 Å². The van der Waals surface area contributed by atoms with Crippen molar-refractivity contribution in [3.05, 3.63) is 24.3 Å². The van der Waals surface area contributed by atoms with Gasteiger partial charge < -0.3 is 20.3 Å². The standard InChI is InChI=1S/C74H143NO5/c1-3-5-7-9-11-13-15-17-19-20-21-32-35-39-42-46-50-54-58-62-66-72(77)71(70-76)75-73(78)67-63-59-55-51-47-43-40-36-33-30-28-26-24-22-23-25-27-29-31-34-37-41-45-49-53-57-61-65-69-80-74(79)68-64-60-56-52-48-44-38-18-16-14-12-10-8-6-4-2/h12,14,18,38,71-72,76-77H,3-11,13,15-17,19-37,39-70H2,1-2H3,(H,75,78)/b14-12-,38-18-. The fourth-order valence-electron chi connectivity index (χ4n) is 11.7. The average molecular weight is 1130 g/mol. The second-order valence-electron chi connectivity index (χ2n) is 25.3. The Hall–Kier alpha value is -1.66. The van der Waals surface area contributed by atoms with Crippen molar-refractivity contribution in [2.24, 2.45) is 0 Å². The fraction of sp³-hybridized carbons (Fsp3) is 0.919. The zero-order valence-electron chi connectivity index (χ0n) is 54.3. The largest absolute Gasteiger partial charge is 0.466 e. The molecule has 0 saturated carbocycles. The monoisotopic (exact) mass is 1130 g/mol. The summed E-state index contributed by atoms with van der Waals surface area (Å²) in [6, 6.07) is -0.540. The quantitative estimate of drug-likeness (QED) is 0.0320. The van der Waals surface area contributed by atoms with Gasteiger partial charge in [-0.25, -0.2) is 0 Å². The summed E-state index contributed by atoms with van der Waals surface area (Å²) in [4.78, 5) is 24.6. The van der Waals surface area contributed by atoms with Gasteiger partial charge in [0.15, 0.2) is 0 Å². The highest BCUT2D eigenvalue weighted by atomic mass is 16.5. The minimum atomic E-state index is -0.663. The molecule has 0 aliphatic carbocycles. The van der Waals surface area contributed by atoms with Crippen LogP contribution in [0.5, 0.6) is 0 Å². The summed E-state index contributed by atoms with van der Waals surface area (Å²) in [6.07, 6.45) is 88.1. The van der Waals surface area contributed by atoms with Crippen LogP contribution in [-0.2, 0) is 14.3 Å². The van der Waals surface area contributed by atoms with E-state index in [1.165, 1.54) is 327 Å². The molecule has 0 radical (unpaired) electrons. The van der Waals surface area contributed by atoms with E-state index in [4.69, 9.17) is 4.74 Å². The Morgan fingerprint density at radius 3 is 0.975 bits per heavy atom. The lowest BCUT2D eigenvalue weighted by Gasteiger charge is -2.22. The maximum absolute atomic E-state index is 12.5. The SMILES string of the molecule is CCCCC/C=C\C/C=C\CCCCCCCC(=O)OCCCCCCCCCCCCCCCCCCCCCCCCCCCCCCC(=O)NC(CO)C(O)CCCCCCCCCCCCCCCCCCCCCC. The van der Waals surface area contributed by atoms with Gasteiger partial charge in [-0.3, -0.25) is 9.59 Å². The van der Waals surface area contributed by atoms with Gasteiger partial charge in [0.25, 0.3) is 0 Å². The highest BCUT2D eigenvalue weighted by molar-refractivity contribution is 5.76. The van der Waals surface area contributed by atoms with Gasteiger partial charge in [0.2, 0.25) is 5.91 Å². The average Bonchev–Trinajstić information content (AvgIpc) is 3.46. The molecule has 6 nitrogen and oxygen atoms in total. The molecule has 2 unspecified atom stereocenters. The molecule has 0 aromatic rings. The number of amides is 1. The van der Waals surface area contributed by atoms with E-state index >= 15 is 0 Å². The molecule has 0 aromatic carbocycles. The molecule has 2 atom stereocenters. The molecule has 474 valence electrons. The molecule has 3 N–H and O–H groups in total. The summed E-state index contributed by atoms with van der Waals surface area (Å²) in [6.45, 7) is 4.96. The number of carbonyl (C=O) groups excluding carboxylic acids is 2. The first-order chi connectivity index (χ1) is 39.5. The number of aliphatic hydroxyl groups is 2. The van der Waals surface area contributed by atoms with Crippen LogP contribution in [0.15, 0.2) is 24.3 Å². The summed E-state index contributed by atoms with van der Waals surface area (Å²) in [5, 5.41) is 23.4. The highest BCUT2D eigenvalue weighted by Gasteiger charge is 2.20. The second kappa shape index (κ2) is 69.8. The number of rotatable bonds is 69. The maximum Gasteiger partial charge on any atom is 0.305 e. The Morgan fingerprint density at radius 2 is 0.625 bits per heavy atom. The molecular weight excluding hydrogens is 983 g/mol. The minimum Gasteiger partial charge on any atom is -0.466 e. The van der Waals surface area contributed by atoms with Gasteiger partial charge in [0.05, 0.1) is 25.4 Å². The van der Waals surface area contributed by atoms with E-state index in [9.17, 15) is 19.8 Å². The topological polar surface area (TPSA) is 95.9 Å². The van der Waals surface area contributed by atoms with E-state index in [2.05, 4.69) is 43.5 Å². The van der Waals surface area contributed by atoms with Crippen molar-refractivity contribution in [3.63, 3.8) is 0 Å². The van der Waals surface area contributed by atoms with Crippen LogP contribution in [0.3, 0.4) is 0 Å². The van der Waals surface area contributed by atoms with Gasteiger partial charge >= 0.3 is 5.97 Å². The number of allylic oxidation sites excluding steroid dienone is 4. The van der Waals surface area contributed by atoms with Crippen molar-refractivity contribution in [3.8, 4) is 0 Å². The Balaban J connectivity index is 3.35. The summed E-state index contributed by atoms with van der Waals surface area (Å²) in [7, 11) is 0. The van der Waals surface area contributed by atoms with E-state index < -0.39 is 12.1 Å². The Labute approximate surface area is 501 Å². The number of ether oxygens (including phenoxy) is 1. The number of hydrogen-bond donors (Lipinski definition) is 3. The van der Waals surface area contributed by atoms with Crippen molar-refractivity contribution in [1.82, 2.24) is 5.32 Å². The van der Waals surface area contributed by atoms with Crippen LogP contribution >= 0.6 is 0 Å². The number of nitrogens with one attached hydrogen (secondary N) is 1. The number of carbonyl (C=O) groups is 2. The maximum atomic E-state index is 12.5. The number of aliphatic hydroxyl groups excluding tert-OH is 2. The van der Waals surface area contributed by atoms with Crippen LogP contribution in [0.2, 0.25) is 0 Å². The molecule has 0 aliphatic rings. The van der Waals surface area contributed by atoms with Crippen molar-refractivity contribution in [2.75, 3.05) is 13.2 Å². The minimum absolute atomic E-state index is 0.00559. The Morgan fingerprint density at radius 1 is 0.350 bits per heavy atom. The molecule has 0 rings (SSSR count). The molecular formula is C74H143NO5. The van der Waals surface area contributed by atoms with Crippen molar-refractivity contribution in [2.45, 2.75) is 424 Å². The predicted octanol–water partition coefficient (Wildman–Crippen LogP) is 23.7. The van der Waals surface area contributed by atoms with Gasteiger partial charge in [0, 0.05) is 12.8 Å². The van der Waals surface area contributed by atoms with E-state index in [1.807, 2.05) is 0 Å². The lowest BCUT2D eigenvalue weighted by molar-refractivity contribution is -0.143. The fourth-order valence-corrected chi connectivity index (χ4v) is 11.7. The zero-order chi connectivity index (χ0) is 57.8. The summed E-state index contributed by atoms with van der Waals surface area (Å²) in [5.74, 6) is -0.0217. The normalized spacial score (nSPS) is 12.6. The van der Waals surface area contributed by atoms with E-state index in [0.29, 0.717) is 25.9 Å². The molecule has 0 aromatic heterocycles. The first-order valence-corrected chi connectivity index (χ1v) is 36.6. The summed E-state index contributed by atoms with van der Waals surface area (Å²) in [5.41, 5.74) is 0. The zero-order valence-corrected chi connectivity index (χ0v) is 54.3. The Bertz CT molecular complexity index is 1250. The van der Waals surface area contributed by atoms with Crippen molar-refractivity contribution in [1.29, 1.82) is 0 Å². The first kappa shape index (κ1) is 78.3. The van der Waals surface area contributed by atoms with Gasteiger partial charge in [-0.2, -0.15) is 0 Å². The second-order valence-corrected chi connectivity index (χ2v) is 25.3. The third kappa shape index (κ3) is 65.5. The van der Waals surface area contributed by atoms with Crippen LogP contribution in [0.1, 0.15) is 412 Å². The molecule has 0 spiro atoms. The lowest BCUT2D eigenvalue weighted by Crippen LogP contribution is -2.45. The van der Waals surface area contributed by atoms with Gasteiger partial charge in [-0.1, -0.05) is 366 Å². The van der Waals surface area contributed by atoms with Gasteiger partial charge in [-0.15, -0.1) is 0 Å². The third-order valence-electron chi connectivity index (χ3n) is 17.3. The molecule has 80 heavy (non-hydrogen) atoms. The Kier molecular flexibility index (Phi) is 68.4. The molecule has 0 bridgehead atoms. The van der Waals surface area contributed by atoms with Crippen LogP contribution in [-0.4, -0.2) is 47.4 Å². The molecule has 0 saturated heterocycles. The number of esters is 1. The van der Waals surface area contributed by atoms with Crippen molar-refractivity contribution >= 4 is 11.9 Å². The van der Waals surface area contributed by atoms with E-state index in [0.717, 1.165) is 51.4 Å². The predicted molar refractivity (Wildman–Crippen MR) is 352 cm³/mol. The van der Waals surface area contributed by atoms with Crippen LogP contribution in [0.4, 0.5) is 0 Å². The van der Waals surface area contributed by atoms with Gasteiger partial charge in [0.1, 0.15) is 0 Å². The van der Waals surface area contributed by atoms with Crippen molar-refractivity contribution < 1.29 is 24.5 Å². The number of hydrogen-bond acceptors (Lipinski definition) is 5. The molecule has 0 aliphatic heterocycles. The summed E-state index contributed by atoms with van der Waals surface area (Å²) < 4.78 is 5.49. The smallest absolute Gasteiger partial charge is 0.305 e. The van der Waals surface area contributed by atoms with E-state index in [1.54, 1.807) is 0 Å². The van der Waals surface area contributed by atoms with Crippen LogP contribution < -0.4 is 5.32 Å². The summed E-state index contributed by atoms with van der Waals surface area (Å²) >= 11 is 0. The molecule has 0 heterocycles. The molecule has 6 heteroatoms. The van der Waals surface area contributed by atoms with Crippen LogP contribution in [0, 0.1) is 0 Å². The third-order valence-corrected chi connectivity index (χ3v) is 17.3. The molecule has 1 amide bonds.